The first-order valence-electron chi connectivity index (χ1n) is 8.01. The van der Waals surface area contributed by atoms with E-state index in [1.165, 1.54) is 0 Å². The first-order valence-corrected chi connectivity index (χ1v) is 8.01. The van der Waals surface area contributed by atoms with Crippen molar-refractivity contribution in [3.05, 3.63) is 30.3 Å². The van der Waals surface area contributed by atoms with Crippen molar-refractivity contribution >= 4 is 17.5 Å². The van der Waals surface area contributed by atoms with Gasteiger partial charge in [0.05, 0.1) is 7.05 Å². The minimum atomic E-state index is -0.259. The van der Waals surface area contributed by atoms with Crippen LogP contribution in [0.5, 0.6) is 0 Å². The molecule has 22 heavy (non-hydrogen) atoms. The Labute approximate surface area is 132 Å². The lowest BCUT2D eigenvalue weighted by atomic mass is 10.2. The van der Waals surface area contributed by atoms with E-state index < -0.39 is 0 Å². The van der Waals surface area contributed by atoms with Gasteiger partial charge in [0.1, 0.15) is 0 Å². The highest BCUT2D eigenvalue weighted by molar-refractivity contribution is 5.96. The van der Waals surface area contributed by atoms with E-state index in [1.54, 1.807) is 4.90 Å². The maximum absolute atomic E-state index is 12.7. The van der Waals surface area contributed by atoms with Gasteiger partial charge in [-0.1, -0.05) is 18.2 Å². The molecule has 2 amide bonds. The van der Waals surface area contributed by atoms with Crippen LogP contribution in [0, 0.1) is 0 Å². The van der Waals surface area contributed by atoms with Crippen LogP contribution in [0.4, 0.5) is 5.69 Å². The van der Waals surface area contributed by atoms with E-state index in [2.05, 4.69) is 5.32 Å². The summed E-state index contributed by atoms with van der Waals surface area (Å²) in [4.78, 5) is 27.3. The largest absolute Gasteiger partial charge is 0.348 e. The predicted molar refractivity (Wildman–Crippen MR) is 86.8 cm³/mol. The molecule has 1 saturated carbocycles. The number of benzene rings is 1. The molecule has 0 bridgehead atoms. The Morgan fingerprint density at radius 2 is 1.95 bits per heavy atom. The van der Waals surface area contributed by atoms with Gasteiger partial charge in [-0.25, -0.2) is 0 Å². The summed E-state index contributed by atoms with van der Waals surface area (Å²) in [7, 11) is 1.90. The number of rotatable bonds is 7. The van der Waals surface area contributed by atoms with Crippen molar-refractivity contribution in [1.29, 1.82) is 0 Å². The van der Waals surface area contributed by atoms with E-state index in [1.807, 2.05) is 51.2 Å². The Bertz CT molecular complexity index is 514. The lowest BCUT2D eigenvalue weighted by Crippen LogP contribution is -3.15. The van der Waals surface area contributed by atoms with Crippen molar-refractivity contribution < 1.29 is 14.5 Å². The molecule has 0 saturated heterocycles. The molecular weight excluding hydrogens is 278 g/mol. The van der Waals surface area contributed by atoms with Crippen LogP contribution in [0.1, 0.15) is 26.7 Å². The molecule has 0 aromatic heterocycles. The quantitative estimate of drug-likeness (QED) is 0.757. The fourth-order valence-corrected chi connectivity index (χ4v) is 2.43. The molecule has 120 valence electrons. The number of anilines is 1. The molecule has 0 radical (unpaired) electrons. The van der Waals surface area contributed by atoms with Crippen LogP contribution in [0.2, 0.25) is 0 Å². The van der Waals surface area contributed by atoms with Gasteiger partial charge in [-0.05, 0) is 38.8 Å². The van der Waals surface area contributed by atoms with Gasteiger partial charge in [0, 0.05) is 18.3 Å². The van der Waals surface area contributed by atoms with Crippen molar-refractivity contribution in [2.24, 2.45) is 0 Å². The van der Waals surface area contributed by atoms with E-state index in [9.17, 15) is 9.59 Å². The number of amides is 2. The number of para-hydroxylation sites is 1. The van der Waals surface area contributed by atoms with Crippen molar-refractivity contribution in [3.63, 3.8) is 0 Å². The van der Waals surface area contributed by atoms with Crippen molar-refractivity contribution in [2.75, 3.05) is 25.0 Å². The molecule has 0 spiro atoms. The average molecular weight is 304 g/mol. The van der Waals surface area contributed by atoms with Gasteiger partial charge in [0.15, 0.2) is 12.6 Å². The van der Waals surface area contributed by atoms with Crippen LogP contribution < -0.4 is 15.1 Å². The normalized spacial score (nSPS) is 16.7. The second-order valence-electron chi connectivity index (χ2n) is 6.00. The topological polar surface area (TPSA) is 53.9 Å². The Hall–Kier alpha value is -1.88. The summed E-state index contributed by atoms with van der Waals surface area (Å²) < 4.78 is 0. The summed E-state index contributed by atoms with van der Waals surface area (Å²) in [5, 5.41) is 2.97. The zero-order valence-corrected chi connectivity index (χ0v) is 13.6. The summed E-state index contributed by atoms with van der Waals surface area (Å²) >= 11 is 0. The maximum atomic E-state index is 12.7. The minimum Gasteiger partial charge on any atom is -0.348 e. The van der Waals surface area contributed by atoms with Crippen LogP contribution >= 0.6 is 0 Å². The predicted octanol–water partition coefficient (Wildman–Crippen LogP) is 0.221. The molecular formula is C17H26N3O2+. The van der Waals surface area contributed by atoms with Crippen molar-refractivity contribution in [1.82, 2.24) is 5.32 Å². The highest BCUT2D eigenvalue weighted by atomic mass is 16.2. The van der Waals surface area contributed by atoms with Crippen LogP contribution in [0.3, 0.4) is 0 Å². The first-order chi connectivity index (χ1) is 10.5. The number of likely N-dealkylation sites (N-methyl/N-ethyl adjacent to an activating group) is 2. The Kier molecular flexibility index (Phi) is 5.55. The summed E-state index contributed by atoms with van der Waals surface area (Å²) in [6, 6.07) is 9.76. The smallest absolute Gasteiger partial charge is 0.284 e. The van der Waals surface area contributed by atoms with Gasteiger partial charge in [0.2, 0.25) is 0 Å². The Balaban J connectivity index is 1.95. The molecule has 1 aliphatic carbocycles. The molecule has 1 fully saturated rings. The fraction of sp³-hybridized carbons (Fsp3) is 0.529. The number of nitrogens with zero attached hydrogens (tertiary/aromatic N) is 1. The number of hydrogen-bond donors (Lipinski definition) is 2. The second kappa shape index (κ2) is 7.40. The Morgan fingerprint density at radius 3 is 2.50 bits per heavy atom. The van der Waals surface area contributed by atoms with Gasteiger partial charge in [-0.15, -0.1) is 0 Å². The van der Waals surface area contributed by atoms with E-state index >= 15 is 0 Å². The van der Waals surface area contributed by atoms with Gasteiger partial charge in [0.25, 0.3) is 11.8 Å². The lowest BCUT2D eigenvalue weighted by molar-refractivity contribution is -0.885. The number of carbonyl (C=O) groups excluding carboxylic acids is 2. The third kappa shape index (κ3) is 4.31. The molecule has 0 aliphatic heterocycles. The number of quaternary nitrogens is 1. The van der Waals surface area contributed by atoms with E-state index in [0.29, 0.717) is 19.1 Å². The molecule has 1 aromatic carbocycles. The van der Waals surface area contributed by atoms with E-state index in [0.717, 1.165) is 23.4 Å². The van der Waals surface area contributed by atoms with Gasteiger partial charge >= 0.3 is 0 Å². The van der Waals surface area contributed by atoms with Crippen LogP contribution in [-0.4, -0.2) is 44.0 Å². The minimum absolute atomic E-state index is 0.0300. The lowest BCUT2D eigenvalue weighted by Gasteiger charge is -2.27. The zero-order valence-electron chi connectivity index (χ0n) is 13.6. The molecule has 1 unspecified atom stereocenters. The first kappa shape index (κ1) is 16.5. The molecule has 1 aliphatic rings. The van der Waals surface area contributed by atoms with Gasteiger partial charge in [-0.3, -0.25) is 9.59 Å². The SMILES string of the molecule is CCN(C(=O)[C@H](C)[NH+](C)CC(=O)NC1CC1)c1ccccc1. The molecule has 2 rings (SSSR count). The van der Waals surface area contributed by atoms with Crippen LogP contribution in [0.25, 0.3) is 0 Å². The summed E-state index contributed by atoms with van der Waals surface area (Å²) in [5.74, 6) is 0.0767. The standard InChI is InChI=1S/C17H25N3O2/c1-4-20(15-8-6-5-7-9-15)17(22)13(2)19(3)12-16(21)18-14-10-11-14/h5-9,13-14H,4,10-12H2,1-3H3,(H,18,21)/p+1/t13-/m0/s1. The summed E-state index contributed by atoms with van der Waals surface area (Å²) in [5.41, 5.74) is 0.900. The van der Waals surface area contributed by atoms with E-state index in [-0.39, 0.29) is 17.9 Å². The monoisotopic (exact) mass is 304 g/mol. The van der Waals surface area contributed by atoms with Crippen molar-refractivity contribution in [3.8, 4) is 0 Å². The average Bonchev–Trinajstić information content (AvgIpc) is 3.31. The highest BCUT2D eigenvalue weighted by Gasteiger charge is 2.30. The van der Waals surface area contributed by atoms with Gasteiger partial charge < -0.3 is 15.1 Å². The summed E-state index contributed by atoms with van der Waals surface area (Å²) in [6.07, 6.45) is 2.16. The number of hydrogen-bond acceptors (Lipinski definition) is 2. The second-order valence-corrected chi connectivity index (χ2v) is 6.00. The number of nitrogens with one attached hydrogen (secondary N) is 2. The third-order valence-electron chi connectivity index (χ3n) is 4.14. The maximum Gasteiger partial charge on any atom is 0.284 e. The third-order valence-corrected chi connectivity index (χ3v) is 4.14. The van der Waals surface area contributed by atoms with Gasteiger partial charge in [-0.2, -0.15) is 0 Å². The van der Waals surface area contributed by atoms with Crippen LogP contribution in [0.15, 0.2) is 30.3 Å². The molecule has 2 atom stereocenters. The zero-order chi connectivity index (χ0) is 16.1. The molecule has 0 heterocycles. The summed E-state index contributed by atoms with van der Waals surface area (Å²) in [6.45, 7) is 4.80. The van der Waals surface area contributed by atoms with Crippen LogP contribution in [-0.2, 0) is 9.59 Å². The Morgan fingerprint density at radius 1 is 1.32 bits per heavy atom. The molecule has 2 N–H and O–H groups in total. The molecule has 1 aromatic rings. The van der Waals surface area contributed by atoms with Crippen molar-refractivity contribution in [2.45, 2.75) is 38.8 Å². The number of carbonyl (C=O) groups is 2. The molecule has 5 heteroatoms. The fourth-order valence-electron chi connectivity index (χ4n) is 2.43. The molecule has 5 nitrogen and oxygen atoms in total. The highest BCUT2D eigenvalue weighted by Crippen LogP contribution is 2.18. The van der Waals surface area contributed by atoms with E-state index in [4.69, 9.17) is 0 Å².